The molecule has 7 nitrogen and oxygen atoms in total. The lowest BCUT2D eigenvalue weighted by atomic mass is 10.0. The number of amides is 1. The Morgan fingerprint density at radius 2 is 2.26 bits per heavy atom. The second kappa shape index (κ2) is 6.89. The summed E-state index contributed by atoms with van der Waals surface area (Å²) in [4.78, 5) is 18.5. The van der Waals surface area contributed by atoms with Crippen LogP contribution in [0.3, 0.4) is 0 Å². The number of morpholine rings is 1. The fourth-order valence-corrected chi connectivity index (χ4v) is 2.86. The van der Waals surface area contributed by atoms with Crippen LogP contribution in [0.15, 0.2) is 30.3 Å². The summed E-state index contributed by atoms with van der Waals surface area (Å²) in [7, 11) is 0. The third-order valence-corrected chi connectivity index (χ3v) is 4.02. The van der Waals surface area contributed by atoms with Crippen molar-refractivity contribution in [3.63, 3.8) is 0 Å². The van der Waals surface area contributed by atoms with E-state index in [0.717, 1.165) is 17.8 Å². The first-order valence-corrected chi connectivity index (χ1v) is 7.80. The maximum atomic E-state index is 12.0. The number of primary amides is 1. The molecule has 0 saturated carbocycles. The van der Waals surface area contributed by atoms with Gasteiger partial charge in [-0.1, -0.05) is 37.3 Å². The summed E-state index contributed by atoms with van der Waals surface area (Å²) < 4.78 is 5.78. The monoisotopic (exact) mass is 315 g/mol. The number of nitrogens with two attached hydrogens (primary N) is 1. The van der Waals surface area contributed by atoms with Crippen molar-refractivity contribution in [3.8, 4) is 0 Å². The first kappa shape index (κ1) is 15.6. The third kappa shape index (κ3) is 3.40. The van der Waals surface area contributed by atoms with Gasteiger partial charge in [0.25, 0.3) is 0 Å². The summed E-state index contributed by atoms with van der Waals surface area (Å²) in [6.45, 7) is 3.70. The van der Waals surface area contributed by atoms with E-state index in [1.807, 2.05) is 42.2 Å². The van der Waals surface area contributed by atoms with Gasteiger partial charge < -0.3 is 10.5 Å². The Morgan fingerprint density at radius 3 is 2.91 bits per heavy atom. The summed E-state index contributed by atoms with van der Waals surface area (Å²) in [5, 5.41) is 7.12. The number of aromatic amines is 1. The molecule has 7 heteroatoms. The number of rotatable bonds is 5. The van der Waals surface area contributed by atoms with Gasteiger partial charge >= 0.3 is 0 Å². The van der Waals surface area contributed by atoms with Crippen molar-refractivity contribution < 1.29 is 9.53 Å². The Labute approximate surface area is 134 Å². The summed E-state index contributed by atoms with van der Waals surface area (Å²) in [5.74, 6) is 1.10. The first-order chi connectivity index (χ1) is 11.2. The van der Waals surface area contributed by atoms with Crippen LogP contribution in [0.4, 0.5) is 0 Å². The second-order valence-electron chi connectivity index (χ2n) is 5.56. The molecule has 1 aromatic heterocycles. The van der Waals surface area contributed by atoms with Crippen molar-refractivity contribution >= 4 is 5.91 Å². The lowest BCUT2D eigenvalue weighted by molar-refractivity contribution is -0.127. The number of hydrogen-bond acceptors (Lipinski definition) is 5. The van der Waals surface area contributed by atoms with Crippen molar-refractivity contribution in [2.75, 3.05) is 19.7 Å². The van der Waals surface area contributed by atoms with Crippen LogP contribution in [-0.4, -0.2) is 45.7 Å². The Balaban J connectivity index is 1.79. The van der Waals surface area contributed by atoms with Crippen molar-refractivity contribution in [2.24, 2.45) is 5.73 Å². The molecule has 1 aliphatic heterocycles. The van der Waals surface area contributed by atoms with Gasteiger partial charge in [0.2, 0.25) is 5.91 Å². The van der Waals surface area contributed by atoms with Crippen LogP contribution in [0.25, 0.3) is 0 Å². The van der Waals surface area contributed by atoms with Crippen LogP contribution in [0, 0.1) is 0 Å². The standard InChI is InChI=1S/C16H21N5O2/c1-2-13-18-16(20-19-13)12-10-21(8-9-23-12)14(15(17)22)11-6-4-3-5-7-11/h3-7,12,14H,2,8-10H2,1H3,(H2,17,22)(H,18,19,20)/t12-,14+/m0/s1. The molecule has 1 amide bonds. The Hall–Kier alpha value is -2.25. The lowest BCUT2D eigenvalue weighted by Crippen LogP contribution is -2.45. The van der Waals surface area contributed by atoms with Gasteiger partial charge in [0, 0.05) is 19.5 Å². The number of aryl methyl sites for hydroxylation is 1. The van der Waals surface area contributed by atoms with Crippen molar-refractivity contribution in [1.29, 1.82) is 0 Å². The van der Waals surface area contributed by atoms with Gasteiger partial charge in [-0.3, -0.25) is 14.8 Å². The van der Waals surface area contributed by atoms with Gasteiger partial charge in [-0.15, -0.1) is 0 Å². The van der Waals surface area contributed by atoms with Gasteiger partial charge in [-0.2, -0.15) is 5.10 Å². The summed E-state index contributed by atoms with van der Waals surface area (Å²) in [6, 6.07) is 9.11. The molecule has 2 aromatic rings. The number of nitrogens with zero attached hydrogens (tertiary/aromatic N) is 3. The molecule has 3 rings (SSSR count). The summed E-state index contributed by atoms with van der Waals surface area (Å²) >= 11 is 0. The predicted octanol–water partition coefficient (Wildman–Crippen LogP) is 0.967. The zero-order valence-electron chi connectivity index (χ0n) is 13.1. The fourth-order valence-electron chi connectivity index (χ4n) is 2.86. The molecule has 2 heterocycles. The van der Waals surface area contributed by atoms with Crippen LogP contribution >= 0.6 is 0 Å². The summed E-state index contributed by atoms with van der Waals surface area (Å²) in [5.41, 5.74) is 6.54. The number of aromatic nitrogens is 3. The SMILES string of the molecule is CCc1nc([C@@H]2CN([C@@H](C(N)=O)c3ccccc3)CCO2)n[nH]1. The van der Waals surface area contributed by atoms with Crippen molar-refractivity contribution in [2.45, 2.75) is 25.5 Å². The molecule has 0 bridgehead atoms. The minimum atomic E-state index is -0.466. The van der Waals surface area contributed by atoms with E-state index in [1.165, 1.54) is 0 Å². The Morgan fingerprint density at radius 1 is 1.48 bits per heavy atom. The fraction of sp³-hybridized carbons (Fsp3) is 0.438. The van der Waals surface area contributed by atoms with Crippen LogP contribution in [-0.2, 0) is 16.0 Å². The number of nitrogens with one attached hydrogen (secondary N) is 1. The molecular weight excluding hydrogens is 294 g/mol. The van der Waals surface area contributed by atoms with Crippen molar-refractivity contribution in [1.82, 2.24) is 20.1 Å². The van der Waals surface area contributed by atoms with Crippen LogP contribution in [0.2, 0.25) is 0 Å². The van der Waals surface area contributed by atoms with E-state index < -0.39 is 6.04 Å². The lowest BCUT2D eigenvalue weighted by Gasteiger charge is -2.36. The van der Waals surface area contributed by atoms with Gasteiger partial charge in [-0.05, 0) is 5.56 Å². The number of hydrogen-bond donors (Lipinski definition) is 2. The maximum absolute atomic E-state index is 12.0. The zero-order valence-corrected chi connectivity index (χ0v) is 13.1. The number of ether oxygens (including phenoxy) is 1. The van der Waals surface area contributed by atoms with E-state index in [2.05, 4.69) is 15.2 Å². The molecule has 122 valence electrons. The topological polar surface area (TPSA) is 97.1 Å². The highest BCUT2D eigenvalue weighted by Gasteiger charge is 2.32. The van der Waals surface area contributed by atoms with E-state index in [1.54, 1.807) is 0 Å². The molecule has 1 fully saturated rings. The Bertz CT molecular complexity index is 658. The number of carbonyl (C=O) groups excluding carboxylic acids is 1. The minimum absolute atomic E-state index is 0.258. The van der Waals surface area contributed by atoms with Crippen LogP contribution < -0.4 is 5.73 Å². The van der Waals surface area contributed by atoms with Crippen LogP contribution in [0.5, 0.6) is 0 Å². The largest absolute Gasteiger partial charge is 0.368 e. The van der Waals surface area contributed by atoms with Gasteiger partial charge in [0.05, 0.1) is 6.61 Å². The average Bonchev–Trinajstić information content (AvgIpc) is 3.05. The molecule has 1 aromatic carbocycles. The molecule has 0 unspecified atom stereocenters. The molecule has 1 saturated heterocycles. The highest BCUT2D eigenvalue weighted by atomic mass is 16.5. The molecule has 1 aliphatic rings. The minimum Gasteiger partial charge on any atom is -0.368 e. The van der Waals surface area contributed by atoms with Gasteiger partial charge in [0.1, 0.15) is 18.0 Å². The van der Waals surface area contributed by atoms with Crippen LogP contribution in [0.1, 0.15) is 36.3 Å². The molecular formula is C16H21N5O2. The van der Waals surface area contributed by atoms with E-state index in [0.29, 0.717) is 25.5 Å². The van der Waals surface area contributed by atoms with Crippen molar-refractivity contribution in [3.05, 3.63) is 47.5 Å². The second-order valence-corrected chi connectivity index (χ2v) is 5.56. The number of H-pyrrole nitrogens is 1. The quantitative estimate of drug-likeness (QED) is 0.857. The van der Waals surface area contributed by atoms with Gasteiger partial charge in [0.15, 0.2) is 5.82 Å². The van der Waals surface area contributed by atoms with E-state index in [-0.39, 0.29) is 12.0 Å². The molecule has 3 N–H and O–H groups in total. The smallest absolute Gasteiger partial charge is 0.239 e. The average molecular weight is 315 g/mol. The molecule has 0 aliphatic carbocycles. The number of benzene rings is 1. The molecule has 0 spiro atoms. The molecule has 23 heavy (non-hydrogen) atoms. The van der Waals surface area contributed by atoms with E-state index in [9.17, 15) is 4.79 Å². The molecule has 0 radical (unpaired) electrons. The summed E-state index contributed by atoms with van der Waals surface area (Å²) in [6.07, 6.45) is 0.531. The Kier molecular flexibility index (Phi) is 4.68. The first-order valence-electron chi connectivity index (χ1n) is 7.80. The van der Waals surface area contributed by atoms with E-state index in [4.69, 9.17) is 10.5 Å². The highest BCUT2D eigenvalue weighted by Crippen LogP contribution is 2.27. The third-order valence-electron chi connectivity index (χ3n) is 4.02. The van der Waals surface area contributed by atoms with Gasteiger partial charge in [-0.25, -0.2) is 4.98 Å². The van der Waals surface area contributed by atoms with E-state index >= 15 is 0 Å². The zero-order chi connectivity index (χ0) is 16.2. The molecule has 2 atom stereocenters. The highest BCUT2D eigenvalue weighted by molar-refractivity contribution is 5.81. The maximum Gasteiger partial charge on any atom is 0.239 e. The normalized spacial score (nSPS) is 20.3. The predicted molar refractivity (Wildman–Crippen MR) is 84.4 cm³/mol. The number of carbonyl (C=O) groups is 1.